The van der Waals surface area contributed by atoms with Crippen LogP contribution in [0.25, 0.3) is 0 Å². The summed E-state index contributed by atoms with van der Waals surface area (Å²) in [6, 6.07) is -0.443. The van der Waals surface area contributed by atoms with Gasteiger partial charge in [0.15, 0.2) is 0 Å². The summed E-state index contributed by atoms with van der Waals surface area (Å²) in [6.45, 7) is 6.03. The maximum absolute atomic E-state index is 13.3. The fourth-order valence-electron chi connectivity index (χ4n) is 5.72. The molecular formula is C22H36N4O3. The molecule has 0 radical (unpaired) electrons. The molecule has 1 spiro atoms. The second-order valence-electron chi connectivity index (χ2n) is 9.47. The molecule has 4 rings (SSSR count). The van der Waals surface area contributed by atoms with Crippen LogP contribution in [0.2, 0.25) is 0 Å². The molecule has 4 aliphatic rings. The number of piperidine rings is 2. The van der Waals surface area contributed by atoms with Crippen LogP contribution in [0.5, 0.6) is 0 Å². The highest BCUT2D eigenvalue weighted by molar-refractivity contribution is 6.07. The summed E-state index contributed by atoms with van der Waals surface area (Å²) >= 11 is 0. The second-order valence-corrected chi connectivity index (χ2v) is 9.47. The Balaban J connectivity index is 1.38. The summed E-state index contributed by atoms with van der Waals surface area (Å²) in [6.07, 6.45) is 9.72. The van der Waals surface area contributed by atoms with E-state index in [2.05, 4.69) is 17.1 Å². The molecule has 3 saturated heterocycles. The molecule has 0 aromatic rings. The SMILES string of the molecule is CCN1CCC2(CC1)NC(=O)N([C@H]1CCCN(C(=O)CC3CCCCC3)C1)C2=O. The van der Waals surface area contributed by atoms with Crippen molar-refractivity contribution in [1.82, 2.24) is 20.0 Å². The molecule has 4 amide bonds. The van der Waals surface area contributed by atoms with Crippen molar-refractivity contribution < 1.29 is 14.4 Å². The number of carbonyl (C=O) groups is 3. The predicted molar refractivity (Wildman–Crippen MR) is 110 cm³/mol. The Bertz CT molecular complexity index is 638. The highest BCUT2D eigenvalue weighted by Crippen LogP contribution is 2.33. The average Bonchev–Trinajstić information content (AvgIpc) is 2.98. The van der Waals surface area contributed by atoms with Gasteiger partial charge in [0.1, 0.15) is 5.54 Å². The van der Waals surface area contributed by atoms with E-state index in [0.29, 0.717) is 31.7 Å². The molecule has 1 N–H and O–H groups in total. The molecule has 162 valence electrons. The van der Waals surface area contributed by atoms with Crippen molar-refractivity contribution in [3.63, 3.8) is 0 Å². The molecule has 1 atom stereocenters. The fraction of sp³-hybridized carbons (Fsp3) is 0.864. The largest absolute Gasteiger partial charge is 0.341 e. The van der Waals surface area contributed by atoms with Crippen molar-refractivity contribution in [3.8, 4) is 0 Å². The average molecular weight is 405 g/mol. The summed E-state index contributed by atoms with van der Waals surface area (Å²) < 4.78 is 0. The molecule has 0 aromatic heterocycles. The predicted octanol–water partition coefficient (Wildman–Crippen LogP) is 2.35. The lowest BCUT2D eigenvalue weighted by Crippen LogP contribution is -2.56. The standard InChI is InChI=1S/C22H36N4O3/c1-2-24-13-10-22(11-14-24)20(28)26(21(29)23-22)18-9-6-12-25(16-18)19(27)15-17-7-4-3-5-8-17/h17-18H,2-16H2,1H3,(H,23,29)/t18-/m0/s1. The van der Waals surface area contributed by atoms with Crippen LogP contribution < -0.4 is 5.32 Å². The minimum atomic E-state index is -0.725. The van der Waals surface area contributed by atoms with Crippen molar-refractivity contribution in [1.29, 1.82) is 0 Å². The number of hydrogen-bond donors (Lipinski definition) is 1. The van der Waals surface area contributed by atoms with E-state index in [9.17, 15) is 14.4 Å². The normalized spacial score (nSPS) is 28.8. The van der Waals surface area contributed by atoms with Crippen molar-refractivity contribution in [2.24, 2.45) is 5.92 Å². The lowest BCUT2D eigenvalue weighted by atomic mass is 9.86. The third-order valence-electron chi connectivity index (χ3n) is 7.65. The first kappa shape index (κ1) is 20.6. The number of amides is 4. The maximum Gasteiger partial charge on any atom is 0.325 e. The second kappa shape index (κ2) is 8.62. The van der Waals surface area contributed by atoms with Crippen LogP contribution >= 0.6 is 0 Å². The first-order valence-corrected chi connectivity index (χ1v) is 11.7. The molecular weight excluding hydrogens is 368 g/mol. The van der Waals surface area contributed by atoms with Crippen molar-refractivity contribution in [2.45, 2.75) is 82.7 Å². The molecule has 3 heterocycles. The Morgan fingerprint density at radius 3 is 2.45 bits per heavy atom. The maximum atomic E-state index is 13.3. The van der Waals surface area contributed by atoms with Gasteiger partial charge in [0.05, 0.1) is 6.04 Å². The van der Waals surface area contributed by atoms with Crippen LogP contribution in [0.1, 0.15) is 71.1 Å². The summed E-state index contributed by atoms with van der Waals surface area (Å²) in [4.78, 5) is 44.6. The smallest absolute Gasteiger partial charge is 0.325 e. The number of rotatable bonds is 4. The van der Waals surface area contributed by atoms with Crippen LogP contribution in [-0.2, 0) is 9.59 Å². The lowest BCUT2D eigenvalue weighted by Gasteiger charge is -2.39. The Morgan fingerprint density at radius 2 is 1.76 bits per heavy atom. The number of urea groups is 1. The van der Waals surface area contributed by atoms with Gasteiger partial charge in [-0.05, 0) is 51.0 Å². The van der Waals surface area contributed by atoms with E-state index in [1.165, 1.54) is 24.2 Å². The van der Waals surface area contributed by atoms with Gasteiger partial charge in [-0.1, -0.05) is 26.2 Å². The van der Waals surface area contributed by atoms with Gasteiger partial charge < -0.3 is 15.1 Å². The Morgan fingerprint density at radius 1 is 1.03 bits per heavy atom. The minimum absolute atomic E-state index is 0.0650. The van der Waals surface area contributed by atoms with E-state index in [4.69, 9.17) is 0 Å². The van der Waals surface area contributed by atoms with E-state index >= 15 is 0 Å². The zero-order valence-electron chi connectivity index (χ0n) is 17.8. The number of nitrogens with zero attached hydrogens (tertiary/aromatic N) is 3. The van der Waals surface area contributed by atoms with Crippen LogP contribution in [0.4, 0.5) is 4.79 Å². The quantitative estimate of drug-likeness (QED) is 0.730. The van der Waals surface area contributed by atoms with Gasteiger partial charge in [0.2, 0.25) is 5.91 Å². The minimum Gasteiger partial charge on any atom is -0.341 e. The van der Waals surface area contributed by atoms with Crippen molar-refractivity contribution in [2.75, 3.05) is 32.7 Å². The van der Waals surface area contributed by atoms with Gasteiger partial charge in [-0.15, -0.1) is 0 Å². The van der Waals surface area contributed by atoms with E-state index in [-0.39, 0.29) is 23.9 Å². The third kappa shape index (κ3) is 4.16. The van der Waals surface area contributed by atoms with E-state index in [0.717, 1.165) is 51.9 Å². The molecule has 7 heteroatoms. The van der Waals surface area contributed by atoms with Gasteiger partial charge in [0.25, 0.3) is 5.91 Å². The third-order valence-corrected chi connectivity index (χ3v) is 7.65. The lowest BCUT2D eigenvalue weighted by molar-refractivity contribution is -0.139. The Kier molecular flexibility index (Phi) is 6.13. The number of likely N-dealkylation sites (tertiary alicyclic amines) is 2. The summed E-state index contributed by atoms with van der Waals surface area (Å²) in [5.74, 6) is 0.657. The summed E-state index contributed by atoms with van der Waals surface area (Å²) in [5, 5.41) is 3.03. The number of nitrogens with one attached hydrogen (secondary N) is 1. The highest BCUT2D eigenvalue weighted by atomic mass is 16.2. The van der Waals surface area contributed by atoms with E-state index in [1.54, 1.807) is 0 Å². The fourth-order valence-corrected chi connectivity index (χ4v) is 5.72. The van der Waals surface area contributed by atoms with Crippen LogP contribution in [-0.4, -0.2) is 76.8 Å². The van der Waals surface area contributed by atoms with Gasteiger partial charge in [0, 0.05) is 32.6 Å². The van der Waals surface area contributed by atoms with Crippen LogP contribution in [0, 0.1) is 5.92 Å². The number of imide groups is 1. The monoisotopic (exact) mass is 404 g/mol. The van der Waals surface area contributed by atoms with Crippen LogP contribution in [0.15, 0.2) is 0 Å². The topological polar surface area (TPSA) is 73.0 Å². The first-order valence-electron chi connectivity index (χ1n) is 11.7. The molecule has 0 bridgehead atoms. The Labute approximate surface area is 174 Å². The number of carbonyl (C=O) groups excluding carboxylic acids is 3. The van der Waals surface area contributed by atoms with Crippen LogP contribution in [0.3, 0.4) is 0 Å². The summed E-state index contributed by atoms with van der Waals surface area (Å²) in [5.41, 5.74) is -0.725. The zero-order chi connectivity index (χ0) is 20.4. The van der Waals surface area contributed by atoms with Gasteiger partial charge >= 0.3 is 6.03 Å². The molecule has 1 aliphatic carbocycles. The molecule has 0 unspecified atom stereocenters. The molecule has 3 aliphatic heterocycles. The van der Waals surface area contributed by atoms with Gasteiger partial charge in [-0.25, -0.2) is 4.79 Å². The molecule has 29 heavy (non-hydrogen) atoms. The van der Waals surface area contributed by atoms with E-state index in [1.807, 2.05) is 4.90 Å². The van der Waals surface area contributed by atoms with E-state index < -0.39 is 5.54 Å². The molecule has 1 saturated carbocycles. The molecule has 4 fully saturated rings. The van der Waals surface area contributed by atoms with Gasteiger partial charge in [-0.2, -0.15) is 0 Å². The summed E-state index contributed by atoms with van der Waals surface area (Å²) in [7, 11) is 0. The van der Waals surface area contributed by atoms with Crippen molar-refractivity contribution >= 4 is 17.8 Å². The zero-order valence-corrected chi connectivity index (χ0v) is 17.8. The first-order chi connectivity index (χ1) is 14.0. The Hall–Kier alpha value is -1.63. The number of hydrogen-bond acceptors (Lipinski definition) is 4. The molecule has 7 nitrogen and oxygen atoms in total. The van der Waals surface area contributed by atoms with Gasteiger partial charge in [-0.3, -0.25) is 14.5 Å². The highest BCUT2D eigenvalue weighted by Gasteiger charge is 2.54. The van der Waals surface area contributed by atoms with Crippen molar-refractivity contribution in [3.05, 3.63) is 0 Å². The molecule has 0 aromatic carbocycles.